The molecule has 0 bridgehead atoms. The fourth-order valence-electron chi connectivity index (χ4n) is 1.54. The van der Waals surface area contributed by atoms with Crippen LogP contribution in [0.3, 0.4) is 0 Å². The lowest BCUT2D eigenvalue weighted by Crippen LogP contribution is -2.13. The van der Waals surface area contributed by atoms with E-state index in [0.717, 1.165) is 11.3 Å². The Hall–Kier alpha value is -1.09. The first-order valence-corrected chi connectivity index (χ1v) is 4.56. The van der Waals surface area contributed by atoms with E-state index in [-0.39, 0.29) is 6.04 Å². The van der Waals surface area contributed by atoms with Gasteiger partial charge in [-0.05, 0) is 24.8 Å². The molecule has 0 radical (unpaired) electrons. The highest BCUT2D eigenvalue weighted by Crippen LogP contribution is 2.41. The van der Waals surface area contributed by atoms with Gasteiger partial charge in [-0.1, -0.05) is 0 Å². The number of pyridine rings is 1. The van der Waals surface area contributed by atoms with E-state index in [1.54, 1.807) is 13.3 Å². The molecule has 1 fully saturated rings. The highest BCUT2D eigenvalue weighted by Gasteiger charge is 2.31. The molecule has 0 amide bonds. The Bertz CT molecular complexity index is 297. The lowest BCUT2D eigenvalue weighted by Gasteiger charge is -2.13. The number of hydrogen-bond donors (Lipinski definition) is 1. The standard InChI is InChI=1S/C10H14N2O/c1-13-9-4-5-12-6-8(9)10(11)7-2-3-7/h4-7,10H,2-3,11H2,1H3/t10-/m0/s1. The van der Waals surface area contributed by atoms with Gasteiger partial charge in [0.1, 0.15) is 5.75 Å². The highest BCUT2D eigenvalue weighted by molar-refractivity contribution is 5.33. The Labute approximate surface area is 77.9 Å². The summed E-state index contributed by atoms with van der Waals surface area (Å²) in [5.41, 5.74) is 7.09. The lowest BCUT2D eigenvalue weighted by molar-refractivity contribution is 0.402. The summed E-state index contributed by atoms with van der Waals surface area (Å²) in [6.45, 7) is 0. The van der Waals surface area contributed by atoms with E-state index in [2.05, 4.69) is 4.98 Å². The molecule has 13 heavy (non-hydrogen) atoms. The average Bonchev–Trinajstić information content (AvgIpc) is 3.00. The van der Waals surface area contributed by atoms with Gasteiger partial charge in [0.05, 0.1) is 7.11 Å². The molecule has 70 valence electrons. The Balaban J connectivity index is 2.26. The monoisotopic (exact) mass is 178 g/mol. The van der Waals surface area contributed by atoms with Crippen LogP contribution in [0.25, 0.3) is 0 Å². The molecule has 1 atom stereocenters. The molecule has 0 aliphatic heterocycles. The molecule has 2 rings (SSSR count). The van der Waals surface area contributed by atoms with Gasteiger partial charge >= 0.3 is 0 Å². The van der Waals surface area contributed by atoms with E-state index < -0.39 is 0 Å². The average molecular weight is 178 g/mol. The number of methoxy groups -OCH3 is 1. The third-order valence-electron chi connectivity index (χ3n) is 2.52. The molecular weight excluding hydrogens is 164 g/mol. The fraction of sp³-hybridized carbons (Fsp3) is 0.500. The molecule has 1 aromatic heterocycles. The molecule has 0 aromatic carbocycles. The van der Waals surface area contributed by atoms with Crippen molar-refractivity contribution in [1.29, 1.82) is 0 Å². The van der Waals surface area contributed by atoms with Crippen molar-refractivity contribution in [2.45, 2.75) is 18.9 Å². The van der Waals surface area contributed by atoms with E-state index in [9.17, 15) is 0 Å². The SMILES string of the molecule is COc1ccncc1[C@@H](N)C1CC1. The van der Waals surface area contributed by atoms with Crippen LogP contribution in [-0.2, 0) is 0 Å². The number of ether oxygens (including phenoxy) is 1. The summed E-state index contributed by atoms with van der Waals surface area (Å²) in [5, 5.41) is 0. The van der Waals surface area contributed by atoms with Gasteiger partial charge in [0, 0.05) is 24.0 Å². The number of nitrogens with zero attached hydrogens (tertiary/aromatic N) is 1. The maximum Gasteiger partial charge on any atom is 0.126 e. The van der Waals surface area contributed by atoms with Gasteiger partial charge in [-0.25, -0.2) is 0 Å². The van der Waals surface area contributed by atoms with E-state index >= 15 is 0 Å². The number of aromatic nitrogens is 1. The summed E-state index contributed by atoms with van der Waals surface area (Å²) in [7, 11) is 1.67. The largest absolute Gasteiger partial charge is 0.496 e. The van der Waals surface area contributed by atoms with Crippen molar-refractivity contribution < 1.29 is 4.74 Å². The predicted molar refractivity (Wildman–Crippen MR) is 50.4 cm³/mol. The molecule has 1 aliphatic rings. The van der Waals surface area contributed by atoms with Crippen molar-refractivity contribution >= 4 is 0 Å². The van der Waals surface area contributed by atoms with E-state index in [0.29, 0.717) is 5.92 Å². The van der Waals surface area contributed by atoms with Gasteiger partial charge in [0.15, 0.2) is 0 Å². The van der Waals surface area contributed by atoms with E-state index in [4.69, 9.17) is 10.5 Å². The zero-order valence-corrected chi connectivity index (χ0v) is 7.73. The van der Waals surface area contributed by atoms with Crippen LogP contribution in [0.5, 0.6) is 5.75 Å². The second-order valence-corrected chi connectivity index (χ2v) is 3.48. The molecule has 2 N–H and O–H groups in total. The molecule has 1 aromatic rings. The highest BCUT2D eigenvalue weighted by atomic mass is 16.5. The van der Waals surface area contributed by atoms with Crippen LogP contribution in [0, 0.1) is 5.92 Å². The maximum absolute atomic E-state index is 6.06. The summed E-state index contributed by atoms with van der Waals surface area (Å²) in [6, 6.07) is 1.96. The normalized spacial score (nSPS) is 18.3. The quantitative estimate of drug-likeness (QED) is 0.763. The first-order chi connectivity index (χ1) is 6.33. The summed E-state index contributed by atoms with van der Waals surface area (Å²) in [5.74, 6) is 1.49. The van der Waals surface area contributed by atoms with Gasteiger partial charge in [-0.2, -0.15) is 0 Å². The summed E-state index contributed by atoms with van der Waals surface area (Å²) in [6.07, 6.45) is 6.00. The van der Waals surface area contributed by atoms with Crippen LogP contribution < -0.4 is 10.5 Å². The summed E-state index contributed by atoms with van der Waals surface area (Å²) >= 11 is 0. The zero-order valence-electron chi connectivity index (χ0n) is 7.73. The van der Waals surface area contributed by atoms with Crippen molar-refractivity contribution in [2.75, 3.05) is 7.11 Å². The summed E-state index contributed by atoms with van der Waals surface area (Å²) in [4.78, 5) is 4.06. The van der Waals surface area contributed by atoms with Gasteiger partial charge in [0.2, 0.25) is 0 Å². The van der Waals surface area contributed by atoms with Crippen LogP contribution in [0.2, 0.25) is 0 Å². The Morgan fingerprint density at radius 1 is 1.62 bits per heavy atom. The third-order valence-corrected chi connectivity index (χ3v) is 2.52. The summed E-state index contributed by atoms with van der Waals surface area (Å²) < 4.78 is 5.22. The van der Waals surface area contributed by atoms with Crippen LogP contribution in [-0.4, -0.2) is 12.1 Å². The van der Waals surface area contributed by atoms with Crippen LogP contribution in [0.4, 0.5) is 0 Å². The smallest absolute Gasteiger partial charge is 0.126 e. The molecule has 1 aliphatic carbocycles. The van der Waals surface area contributed by atoms with Gasteiger partial charge < -0.3 is 10.5 Å². The van der Waals surface area contributed by atoms with Crippen LogP contribution in [0.15, 0.2) is 18.5 Å². The topological polar surface area (TPSA) is 48.1 Å². The molecule has 1 heterocycles. The minimum Gasteiger partial charge on any atom is -0.496 e. The molecule has 0 spiro atoms. The Morgan fingerprint density at radius 3 is 3.00 bits per heavy atom. The van der Waals surface area contributed by atoms with Crippen LogP contribution in [0.1, 0.15) is 24.4 Å². The number of hydrogen-bond acceptors (Lipinski definition) is 3. The zero-order chi connectivity index (χ0) is 9.26. The molecule has 0 saturated heterocycles. The molecule has 3 nitrogen and oxygen atoms in total. The molecule has 1 saturated carbocycles. The minimum absolute atomic E-state index is 0.101. The van der Waals surface area contributed by atoms with Crippen molar-refractivity contribution in [3.8, 4) is 5.75 Å². The van der Waals surface area contributed by atoms with Crippen LogP contribution >= 0.6 is 0 Å². The van der Waals surface area contributed by atoms with E-state index in [1.807, 2.05) is 12.3 Å². The third kappa shape index (κ3) is 1.65. The maximum atomic E-state index is 6.06. The second-order valence-electron chi connectivity index (χ2n) is 3.48. The first kappa shape index (κ1) is 8.51. The second kappa shape index (κ2) is 3.34. The fourth-order valence-corrected chi connectivity index (χ4v) is 1.54. The minimum atomic E-state index is 0.101. The van der Waals surface area contributed by atoms with Crippen molar-refractivity contribution in [1.82, 2.24) is 4.98 Å². The molecule has 3 heteroatoms. The number of rotatable bonds is 3. The van der Waals surface area contributed by atoms with Gasteiger partial charge in [-0.15, -0.1) is 0 Å². The van der Waals surface area contributed by atoms with Crippen molar-refractivity contribution in [2.24, 2.45) is 11.7 Å². The first-order valence-electron chi connectivity index (χ1n) is 4.56. The number of nitrogens with two attached hydrogens (primary N) is 1. The van der Waals surface area contributed by atoms with Gasteiger partial charge in [-0.3, -0.25) is 4.98 Å². The van der Waals surface area contributed by atoms with Gasteiger partial charge in [0.25, 0.3) is 0 Å². The van der Waals surface area contributed by atoms with Crippen molar-refractivity contribution in [3.05, 3.63) is 24.0 Å². The Kier molecular flexibility index (Phi) is 2.19. The lowest BCUT2D eigenvalue weighted by atomic mass is 10.1. The van der Waals surface area contributed by atoms with Crippen molar-refractivity contribution in [3.63, 3.8) is 0 Å². The Morgan fingerprint density at radius 2 is 2.38 bits per heavy atom. The predicted octanol–water partition coefficient (Wildman–Crippen LogP) is 1.50. The molecular formula is C10H14N2O. The molecule has 0 unspecified atom stereocenters. The van der Waals surface area contributed by atoms with E-state index in [1.165, 1.54) is 12.8 Å².